The van der Waals surface area contributed by atoms with Gasteiger partial charge in [0, 0.05) is 13.1 Å². The molecule has 0 fully saturated rings. The van der Waals surface area contributed by atoms with E-state index in [0.29, 0.717) is 13.1 Å². The monoisotopic (exact) mass is 264 g/mol. The molecule has 1 aromatic rings. The van der Waals surface area contributed by atoms with Crippen LogP contribution in [0.3, 0.4) is 0 Å². The second kappa shape index (κ2) is 6.78. The number of hydrogen-bond donors (Lipinski definition) is 2. The molecule has 0 bridgehead atoms. The Morgan fingerprint density at radius 2 is 1.89 bits per heavy atom. The molecule has 19 heavy (non-hydrogen) atoms. The second-order valence-corrected chi connectivity index (χ2v) is 4.27. The molecule has 0 unspecified atom stereocenters. The molecule has 5 nitrogen and oxygen atoms in total. The number of amides is 2. The maximum absolute atomic E-state index is 11.8. The van der Waals surface area contributed by atoms with Gasteiger partial charge in [0.15, 0.2) is 0 Å². The van der Waals surface area contributed by atoms with Crippen LogP contribution in [0.15, 0.2) is 18.2 Å². The van der Waals surface area contributed by atoms with Gasteiger partial charge in [0.25, 0.3) is 5.91 Å². The molecule has 0 aliphatic rings. The van der Waals surface area contributed by atoms with Crippen molar-refractivity contribution in [1.82, 2.24) is 10.2 Å². The molecule has 0 radical (unpaired) electrons. The summed E-state index contributed by atoms with van der Waals surface area (Å²) < 4.78 is 0. The van der Waals surface area contributed by atoms with Gasteiger partial charge in [0.1, 0.15) is 5.75 Å². The Morgan fingerprint density at radius 1 is 1.26 bits per heavy atom. The third-order valence-corrected chi connectivity index (χ3v) is 2.91. The third kappa shape index (κ3) is 3.98. The Labute approximate surface area is 113 Å². The van der Waals surface area contributed by atoms with E-state index in [1.165, 1.54) is 6.07 Å². The number of carbonyl (C=O) groups excluding carboxylic acids is 2. The van der Waals surface area contributed by atoms with E-state index >= 15 is 0 Å². The van der Waals surface area contributed by atoms with Crippen LogP contribution in [0.2, 0.25) is 0 Å². The summed E-state index contributed by atoms with van der Waals surface area (Å²) in [5.41, 5.74) is 1.05. The topological polar surface area (TPSA) is 69.6 Å². The zero-order valence-electron chi connectivity index (χ0n) is 11.6. The van der Waals surface area contributed by atoms with Crippen LogP contribution in [-0.2, 0) is 4.79 Å². The van der Waals surface area contributed by atoms with Crippen LogP contribution < -0.4 is 5.32 Å². The number of benzene rings is 1. The van der Waals surface area contributed by atoms with E-state index in [9.17, 15) is 14.7 Å². The summed E-state index contributed by atoms with van der Waals surface area (Å²) in [6, 6.07) is 4.80. The predicted molar refractivity (Wildman–Crippen MR) is 73.1 cm³/mol. The molecule has 0 aliphatic heterocycles. The van der Waals surface area contributed by atoms with Gasteiger partial charge in [-0.2, -0.15) is 0 Å². The highest BCUT2D eigenvalue weighted by molar-refractivity contribution is 5.98. The van der Waals surface area contributed by atoms with Gasteiger partial charge in [-0.25, -0.2) is 0 Å². The average molecular weight is 264 g/mol. The van der Waals surface area contributed by atoms with Crippen LogP contribution in [-0.4, -0.2) is 41.5 Å². The number of nitrogens with zero attached hydrogens (tertiary/aromatic N) is 1. The first kappa shape index (κ1) is 15.0. The summed E-state index contributed by atoms with van der Waals surface area (Å²) >= 11 is 0. The van der Waals surface area contributed by atoms with Crippen LogP contribution in [0, 0.1) is 6.92 Å². The fraction of sp³-hybridized carbons (Fsp3) is 0.429. The molecule has 1 aromatic carbocycles. The first-order valence-corrected chi connectivity index (χ1v) is 6.35. The molecule has 0 saturated heterocycles. The summed E-state index contributed by atoms with van der Waals surface area (Å²) in [7, 11) is 0. The van der Waals surface area contributed by atoms with Crippen LogP contribution in [0.25, 0.3) is 0 Å². The summed E-state index contributed by atoms with van der Waals surface area (Å²) in [5.74, 6) is -0.657. The number of likely N-dealkylation sites (N-methyl/N-ethyl adjacent to an activating group) is 1. The molecule has 0 saturated carbocycles. The lowest BCUT2D eigenvalue weighted by molar-refractivity contribution is -0.129. The van der Waals surface area contributed by atoms with Gasteiger partial charge in [-0.3, -0.25) is 9.59 Å². The van der Waals surface area contributed by atoms with Gasteiger partial charge in [0.2, 0.25) is 5.91 Å². The van der Waals surface area contributed by atoms with Crippen LogP contribution in [0.5, 0.6) is 5.75 Å². The second-order valence-electron chi connectivity index (χ2n) is 4.27. The van der Waals surface area contributed by atoms with E-state index in [4.69, 9.17) is 0 Å². The van der Waals surface area contributed by atoms with E-state index in [-0.39, 0.29) is 23.8 Å². The molecule has 5 heteroatoms. The number of rotatable bonds is 5. The normalized spacial score (nSPS) is 10.1. The molecule has 0 atom stereocenters. The number of phenolic OH excluding ortho intramolecular Hbond substituents is 1. The highest BCUT2D eigenvalue weighted by atomic mass is 16.3. The summed E-state index contributed by atoms with van der Waals surface area (Å²) in [4.78, 5) is 25.2. The fourth-order valence-corrected chi connectivity index (χ4v) is 1.77. The van der Waals surface area contributed by atoms with E-state index < -0.39 is 5.91 Å². The summed E-state index contributed by atoms with van der Waals surface area (Å²) in [6.45, 7) is 6.76. The quantitative estimate of drug-likeness (QED) is 0.842. The molecular weight excluding hydrogens is 244 g/mol. The van der Waals surface area contributed by atoms with Gasteiger partial charge in [-0.1, -0.05) is 6.07 Å². The zero-order chi connectivity index (χ0) is 14.4. The zero-order valence-corrected chi connectivity index (χ0v) is 11.6. The highest BCUT2D eigenvalue weighted by Crippen LogP contribution is 2.17. The van der Waals surface area contributed by atoms with Crippen molar-refractivity contribution in [3.63, 3.8) is 0 Å². The van der Waals surface area contributed by atoms with Crippen LogP contribution >= 0.6 is 0 Å². The molecule has 0 aliphatic carbocycles. The van der Waals surface area contributed by atoms with E-state index in [1.807, 2.05) is 20.8 Å². The lowest BCUT2D eigenvalue weighted by Crippen LogP contribution is -2.40. The number of phenols is 1. The number of aryl methyl sites for hydroxylation is 1. The Kier molecular flexibility index (Phi) is 5.36. The van der Waals surface area contributed by atoms with Crippen molar-refractivity contribution >= 4 is 11.8 Å². The van der Waals surface area contributed by atoms with E-state index in [1.54, 1.807) is 17.0 Å². The first-order chi connectivity index (χ1) is 8.99. The fourth-order valence-electron chi connectivity index (χ4n) is 1.77. The minimum atomic E-state index is -0.446. The molecule has 0 aromatic heterocycles. The lowest BCUT2D eigenvalue weighted by Gasteiger charge is -2.18. The molecule has 0 spiro atoms. The van der Waals surface area contributed by atoms with Gasteiger partial charge < -0.3 is 15.3 Å². The first-order valence-electron chi connectivity index (χ1n) is 6.35. The van der Waals surface area contributed by atoms with Gasteiger partial charge in [-0.05, 0) is 38.5 Å². The summed E-state index contributed by atoms with van der Waals surface area (Å²) in [6.07, 6.45) is 0. The largest absolute Gasteiger partial charge is 0.507 e. The highest BCUT2D eigenvalue weighted by Gasteiger charge is 2.14. The van der Waals surface area contributed by atoms with Crippen molar-refractivity contribution in [2.24, 2.45) is 0 Å². The van der Waals surface area contributed by atoms with Crippen LogP contribution in [0.4, 0.5) is 0 Å². The number of nitrogens with one attached hydrogen (secondary N) is 1. The summed E-state index contributed by atoms with van der Waals surface area (Å²) in [5, 5.41) is 12.2. The lowest BCUT2D eigenvalue weighted by atomic mass is 10.1. The Hall–Kier alpha value is -2.04. The Bertz CT molecular complexity index is 468. The number of hydrogen-bond acceptors (Lipinski definition) is 3. The minimum Gasteiger partial charge on any atom is -0.507 e. The van der Waals surface area contributed by atoms with E-state index in [2.05, 4.69) is 5.32 Å². The Balaban J connectivity index is 2.63. The standard InChI is InChI=1S/C14H20N2O3/c1-4-16(5-2)13(18)9-15-14(19)11-7-6-10(3)8-12(11)17/h6-8,17H,4-5,9H2,1-3H3,(H,15,19). The number of aromatic hydroxyl groups is 1. The minimum absolute atomic E-state index is 0.0617. The number of carbonyl (C=O) groups is 2. The maximum Gasteiger partial charge on any atom is 0.255 e. The molecule has 1 rings (SSSR count). The van der Waals surface area contributed by atoms with Gasteiger partial charge >= 0.3 is 0 Å². The van der Waals surface area contributed by atoms with Gasteiger partial charge in [-0.15, -0.1) is 0 Å². The molecule has 2 amide bonds. The van der Waals surface area contributed by atoms with Crippen molar-refractivity contribution < 1.29 is 14.7 Å². The van der Waals surface area contributed by atoms with Crippen LogP contribution in [0.1, 0.15) is 29.8 Å². The van der Waals surface area contributed by atoms with Crippen molar-refractivity contribution in [1.29, 1.82) is 0 Å². The molecular formula is C14H20N2O3. The molecule has 104 valence electrons. The van der Waals surface area contributed by atoms with Crippen molar-refractivity contribution in [3.8, 4) is 5.75 Å². The van der Waals surface area contributed by atoms with E-state index in [0.717, 1.165) is 5.56 Å². The Morgan fingerprint density at radius 3 is 2.42 bits per heavy atom. The predicted octanol–water partition coefficient (Wildman–Crippen LogP) is 1.30. The average Bonchev–Trinajstić information content (AvgIpc) is 2.37. The molecule has 0 heterocycles. The smallest absolute Gasteiger partial charge is 0.255 e. The van der Waals surface area contributed by atoms with Crippen molar-refractivity contribution in [2.75, 3.05) is 19.6 Å². The third-order valence-electron chi connectivity index (χ3n) is 2.91. The maximum atomic E-state index is 11.8. The molecule has 2 N–H and O–H groups in total. The van der Waals surface area contributed by atoms with Gasteiger partial charge in [0.05, 0.1) is 12.1 Å². The SMILES string of the molecule is CCN(CC)C(=O)CNC(=O)c1ccc(C)cc1O. The van der Waals surface area contributed by atoms with Crippen molar-refractivity contribution in [3.05, 3.63) is 29.3 Å². The van der Waals surface area contributed by atoms with Crippen molar-refractivity contribution in [2.45, 2.75) is 20.8 Å².